The second-order valence-electron chi connectivity index (χ2n) is 6.64. The Kier molecular flexibility index (Phi) is 7.23. The monoisotopic (exact) mass is 369 g/mol. The molecule has 0 aromatic heterocycles. The maximum Gasteiger partial charge on any atom is 0.319 e. The highest BCUT2D eigenvalue weighted by molar-refractivity contribution is 5.99. The third-order valence-electron chi connectivity index (χ3n) is 4.01. The SMILES string of the molecule is Cc1cccc(OCCC(=O)Nc2ccccc2NC(=O)NC(C)C)c1C. The highest BCUT2D eigenvalue weighted by Gasteiger charge is 2.10. The molecule has 0 saturated heterocycles. The van der Waals surface area contributed by atoms with E-state index in [1.165, 1.54) is 0 Å². The number of carbonyl (C=O) groups excluding carboxylic acids is 2. The van der Waals surface area contributed by atoms with E-state index in [0.717, 1.165) is 16.9 Å². The number of amides is 3. The van der Waals surface area contributed by atoms with Crippen LogP contribution in [0.3, 0.4) is 0 Å². The molecule has 0 fully saturated rings. The van der Waals surface area contributed by atoms with Crippen molar-refractivity contribution < 1.29 is 14.3 Å². The van der Waals surface area contributed by atoms with Crippen molar-refractivity contribution in [2.75, 3.05) is 17.2 Å². The number of carbonyl (C=O) groups is 2. The summed E-state index contributed by atoms with van der Waals surface area (Å²) in [6.07, 6.45) is 0.208. The first-order chi connectivity index (χ1) is 12.9. The Bertz CT molecular complexity index is 803. The molecule has 0 atom stereocenters. The summed E-state index contributed by atoms with van der Waals surface area (Å²) >= 11 is 0. The zero-order chi connectivity index (χ0) is 19.8. The lowest BCUT2D eigenvalue weighted by Gasteiger charge is -2.14. The molecule has 27 heavy (non-hydrogen) atoms. The Morgan fingerprint density at radius 2 is 1.63 bits per heavy atom. The number of anilines is 2. The van der Waals surface area contributed by atoms with E-state index in [2.05, 4.69) is 16.0 Å². The molecule has 144 valence electrons. The standard InChI is InChI=1S/C21H27N3O3/c1-14(2)22-21(26)24-18-10-6-5-9-17(18)23-20(25)12-13-27-19-11-7-8-15(3)16(19)4/h5-11,14H,12-13H2,1-4H3,(H,23,25)(H2,22,24,26). The Labute approximate surface area is 160 Å². The van der Waals surface area contributed by atoms with Gasteiger partial charge in [0.05, 0.1) is 24.4 Å². The summed E-state index contributed by atoms with van der Waals surface area (Å²) in [6.45, 7) is 8.05. The van der Waals surface area contributed by atoms with Crippen LogP contribution in [0.1, 0.15) is 31.4 Å². The molecule has 0 spiro atoms. The number of nitrogens with one attached hydrogen (secondary N) is 3. The Morgan fingerprint density at radius 3 is 2.30 bits per heavy atom. The van der Waals surface area contributed by atoms with E-state index < -0.39 is 0 Å². The Morgan fingerprint density at radius 1 is 0.963 bits per heavy atom. The van der Waals surface area contributed by atoms with E-state index in [-0.39, 0.29) is 31.0 Å². The zero-order valence-electron chi connectivity index (χ0n) is 16.3. The quantitative estimate of drug-likeness (QED) is 0.683. The first kappa shape index (κ1) is 20.3. The van der Waals surface area contributed by atoms with E-state index in [0.29, 0.717) is 11.4 Å². The Hall–Kier alpha value is -3.02. The van der Waals surface area contributed by atoms with Crippen molar-refractivity contribution in [3.8, 4) is 5.75 Å². The van der Waals surface area contributed by atoms with Gasteiger partial charge in [-0.3, -0.25) is 4.79 Å². The van der Waals surface area contributed by atoms with E-state index >= 15 is 0 Å². The van der Waals surface area contributed by atoms with E-state index in [4.69, 9.17) is 4.74 Å². The lowest BCUT2D eigenvalue weighted by Crippen LogP contribution is -2.34. The molecule has 0 saturated carbocycles. The molecule has 2 aromatic carbocycles. The van der Waals surface area contributed by atoms with Gasteiger partial charge in [-0.05, 0) is 57.0 Å². The summed E-state index contributed by atoms with van der Waals surface area (Å²) in [7, 11) is 0. The largest absolute Gasteiger partial charge is 0.493 e. The van der Waals surface area contributed by atoms with Gasteiger partial charge in [0.1, 0.15) is 5.75 Å². The minimum absolute atomic E-state index is 0.0222. The predicted octanol–water partition coefficient (Wildman–Crippen LogP) is 4.24. The normalized spacial score (nSPS) is 10.4. The number of rotatable bonds is 7. The molecule has 0 heterocycles. The summed E-state index contributed by atoms with van der Waals surface area (Å²) < 4.78 is 5.72. The topological polar surface area (TPSA) is 79.5 Å². The number of urea groups is 1. The maximum absolute atomic E-state index is 12.3. The van der Waals surface area contributed by atoms with Crippen molar-refractivity contribution in [2.45, 2.75) is 40.2 Å². The van der Waals surface area contributed by atoms with Crippen LogP contribution in [0.4, 0.5) is 16.2 Å². The summed E-state index contributed by atoms with van der Waals surface area (Å²) in [6, 6.07) is 12.6. The molecular formula is C21H27N3O3. The second-order valence-corrected chi connectivity index (χ2v) is 6.64. The molecule has 0 aliphatic rings. The van der Waals surface area contributed by atoms with Crippen LogP contribution < -0.4 is 20.7 Å². The van der Waals surface area contributed by atoms with Crippen molar-refractivity contribution in [3.63, 3.8) is 0 Å². The molecule has 0 bridgehead atoms. The summed E-state index contributed by atoms with van der Waals surface area (Å²) in [4.78, 5) is 24.1. The molecular weight excluding hydrogens is 342 g/mol. The molecule has 6 nitrogen and oxygen atoms in total. The molecule has 3 N–H and O–H groups in total. The molecule has 0 radical (unpaired) electrons. The molecule has 2 aromatic rings. The highest BCUT2D eigenvalue weighted by atomic mass is 16.5. The van der Waals surface area contributed by atoms with Gasteiger partial charge in [0, 0.05) is 6.04 Å². The van der Waals surface area contributed by atoms with Crippen molar-refractivity contribution in [3.05, 3.63) is 53.6 Å². The van der Waals surface area contributed by atoms with Gasteiger partial charge in [-0.25, -0.2) is 4.79 Å². The fourth-order valence-electron chi connectivity index (χ4n) is 2.47. The minimum atomic E-state index is -0.315. The predicted molar refractivity (Wildman–Crippen MR) is 108 cm³/mol. The average molecular weight is 369 g/mol. The lowest BCUT2D eigenvalue weighted by atomic mass is 10.1. The molecule has 3 amide bonds. The molecule has 0 unspecified atom stereocenters. The number of hydrogen-bond donors (Lipinski definition) is 3. The van der Waals surface area contributed by atoms with Crippen LogP contribution in [0.5, 0.6) is 5.75 Å². The van der Waals surface area contributed by atoms with Gasteiger partial charge >= 0.3 is 6.03 Å². The first-order valence-electron chi connectivity index (χ1n) is 9.02. The molecule has 0 aliphatic carbocycles. The third-order valence-corrected chi connectivity index (χ3v) is 4.01. The van der Waals surface area contributed by atoms with Gasteiger partial charge in [-0.1, -0.05) is 24.3 Å². The lowest BCUT2D eigenvalue weighted by molar-refractivity contribution is -0.116. The molecule has 6 heteroatoms. The van der Waals surface area contributed by atoms with E-state index in [1.54, 1.807) is 24.3 Å². The van der Waals surface area contributed by atoms with Gasteiger partial charge in [-0.2, -0.15) is 0 Å². The van der Waals surface area contributed by atoms with Gasteiger partial charge in [0.15, 0.2) is 0 Å². The number of hydrogen-bond acceptors (Lipinski definition) is 3. The fraction of sp³-hybridized carbons (Fsp3) is 0.333. The Balaban J connectivity index is 1.90. The summed E-state index contributed by atoms with van der Waals surface area (Å²) in [5.74, 6) is 0.606. The van der Waals surface area contributed by atoms with Crippen molar-refractivity contribution in [2.24, 2.45) is 0 Å². The van der Waals surface area contributed by atoms with Crippen LogP contribution in [0.2, 0.25) is 0 Å². The molecule has 2 rings (SSSR count). The molecule has 0 aliphatic heterocycles. The van der Waals surface area contributed by atoms with Crippen molar-refractivity contribution in [1.29, 1.82) is 0 Å². The number of benzene rings is 2. The van der Waals surface area contributed by atoms with Crippen LogP contribution in [-0.4, -0.2) is 24.6 Å². The number of para-hydroxylation sites is 2. The van der Waals surface area contributed by atoms with Crippen LogP contribution in [0, 0.1) is 13.8 Å². The van der Waals surface area contributed by atoms with Gasteiger partial charge < -0.3 is 20.7 Å². The second kappa shape index (κ2) is 9.62. The first-order valence-corrected chi connectivity index (χ1v) is 9.02. The van der Waals surface area contributed by atoms with Crippen LogP contribution >= 0.6 is 0 Å². The zero-order valence-corrected chi connectivity index (χ0v) is 16.3. The third kappa shape index (κ3) is 6.33. The minimum Gasteiger partial charge on any atom is -0.493 e. The highest BCUT2D eigenvalue weighted by Crippen LogP contribution is 2.22. The maximum atomic E-state index is 12.3. The number of ether oxygens (including phenoxy) is 1. The van der Waals surface area contributed by atoms with Crippen LogP contribution in [0.25, 0.3) is 0 Å². The van der Waals surface area contributed by atoms with Gasteiger partial charge in [-0.15, -0.1) is 0 Å². The van der Waals surface area contributed by atoms with Crippen molar-refractivity contribution >= 4 is 23.3 Å². The summed E-state index contributed by atoms with van der Waals surface area (Å²) in [5, 5.41) is 8.32. The van der Waals surface area contributed by atoms with Crippen molar-refractivity contribution in [1.82, 2.24) is 5.32 Å². The van der Waals surface area contributed by atoms with Crippen LogP contribution in [0.15, 0.2) is 42.5 Å². The van der Waals surface area contributed by atoms with Gasteiger partial charge in [0.2, 0.25) is 5.91 Å². The number of aryl methyl sites for hydroxylation is 1. The fourth-order valence-corrected chi connectivity index (χ4v) is 2.47. The van der Waals surface area contributed by atoms with Crippen LogP contribution in [-0.2, 0) is 4.79 Å². The smallest absolute Gasteiger partial charge is 0.319 e. The average Bonchev–Trinajstić information content (AvgIpc) is 2.59. The summed E-state index contributed by atoms with van der Waals surface area (Å²) in [5.41, 5.74) is 3.31. The van der Waals surface area contributed by atoms with Gasteiger partial charge in [0.25, 0.3) is 0 Å². The van der Waals surface area contributed by atoms with E-state index in [9.17, 15) is 9.59 Å². The van der Waals surface area contributed by atoms with E-state index in [1.807, 2.05) is 45.9 Å².